The van der Waals surface area contributed by atoms with Crippen molar-refractivity contribution in [2.24, 2.45) is 0 Å². The highest BCUT2D eigenvalue weighted by Gasteiger charge is 2.20. The number of aromatic nitrogens is 3. The molecule has 30 heavy (non-hydrogen) atoms. The number of hydrogen-bond acceptors (Lipinski definition) is 7. The number of amides is 1. The number of thioether (sulfide) groups is 1. The van der Waals surface area contributed by atoms with Gasteiger partial charge in [0.2, 0.25) is 15.9 Å². The molecule has 3 rings (SSSR count). The van der Waals surface area contributed by atoms with Gasteiger partial charge in [0.15, 0.2) is 5.16 Å². The van der Waals surface area contributed by atoms with Gasteiger partial charge in [-0.1, -0.05) is 30.0 Å². The summed E-state index contributed by atoms with van der Waals surface area (Å²) in [4.78, 5) is 12.6. The van der Waals surface area contributed by atoms with Crippen molar-refractivity contribution in [1.82, 2.24) is 19.1 Å². The molecular weight excluding hydrogens is 426 g/mol. The second kappa shape index (κ2) is 9.28. The Bertz CT molecular complexity index is 1130. The fourth-order valence-corrected chi connectivity index (χ4v) is 4.22. The number of methoxy groups -OCH3 is 1. The molecule has 0 radical (unpaired) electrons. The summed E-state index contributed by atoms with van der Waals surface area (Å²) in [5.74, 6) is 0.0816. The molecule has 1 amide bonds. The molecule has 0 aliphatic rings. The minimum absolute atomic E-state index is 0.0549. The van der Waals surface area contributed by atoms with Crippen LogP contribution < -0.4 is 10.1 Å². The van der Waals surface area contributed by atoms with Crippen LogP contribution in [0, 0.1) is 0 Å². The third-order valence-electron chi connectivity index (χ3n) is 4.11. The number of carbonyl (C=O) groups excluding carboxylic acids is 1. The summed E-state index contributed by atoms with van der Waals surface area (Å²) in [5.41, 5.74) is 1.16. The number of nitrogens with one attached hydrogen (secondary N) is 1. The second-order valence-electron chi connectivity index (χ2n) is 6.31. The molecule has 0 atom stereocenters. The molecule has 0 aliphatic heterocycles. The maximum Gasteiger partial charge on any atom is 0.242 e. The number of hydrogen-bond donors (Lipinski definition) is 1. The van der Waals surface area contributed by atoms with Gasteiger partial charge in [0.05, 0.1) is 23.4 Å². The summed E-state index contributed by atoms with van der Waals surface area (Å²) in [6.07, 6.45) is 1.58. The minimum atomic E-state index is -3.64. The van der Waals surface area contributed by atoms with E-state index in [4.69, 9.17) is 4.74 Å². The third kappa shape index (κ3) is 4.81. The highest BCUT2D eigenvalue weighted by molar-refractivity contribution is 7.99. The van der Waals surface area contributed by atoms with Crippen LogP contribution in [-0.2, 0) is 14.8 Å². The van der Waals surface area contributed by atoms with Gasteiger partial charge >= 0.3 is 0 Å². The molecule has 0 aliphatic carbocycles. The predicted molar refractivity (Wildman–Crippen MR) is 115 cm³/mol. The van der Waals surface area contributed by atoms with E-state index in [9.17, 15) is 13.2 Å². The summed E-state index contributed by atoms with van der Waals surface area (Å²) in [5, 5.41) is 11.2. The smallest absolute Gasteiger partial charge is 0.242 e. The zero-order valence-corrected chi connectivity index (χ0v) is 18.3. The largest absolute Gasteiger partial charge is 0.495 e. The average Bonchev–Trinajstić information content (AvgIpc) is 3.21. The minimum Gasteiger partial charge on any atom is -0.495 e. The molecule has 1 aromatic heterocycles. The van der Waals surface area contributed by atoms with E-state index < -0.39 is 10.0 Å². The highest BCUT2D eigenvalue weighted by atomic mass is 32.2. The first-order chi connectivity index (χ1) is 14.3. The van der Waals surface area contributed by atoms with Crippen molar-refractivity contribution in [3.05, 3.63) is 54.9 Å². The Morgan fingerprint density at radius 3 is 2.60 bits per heavy atom. The number of benzene rings is 2. The van der Waals surface area contributed by atoms with Crippen LogP contribution in [-0.4, -0.2) is 60.4 Å². The van der Waals surface area contributed by atoms with Gasteiger partial charge < -0.3 is 10.1 Å². The summed E-state index contributed by atoms with van der Waals surface area (Å²) in [6.45, 7) is 0. The first-order valence-electron chi connectivity index (χ1n) is 8.81. The molecule has 0 saturated heterocycles. The summed E-state index contributed by atoms with van der Waals surface area (Å²) in [7, 11) is 0.686. The van der Waals surface area contributed by atoms with E-state index in [1.165, 1.54) is 51.2 Å². The maximum absolute atomic E-state index is 12.5. The molecular formula is C19H21N5O4S2. The van der Waals surface area contributed by atoms with Gasteiger partial charge in [-0.2, -0.15) is 0 Å². The van der Waals surface area contributed by atoms with Crippen molar-refractivity contribution < 1.29 is 17.9 Å². The van der Waals surface area contributed by atoms with Gasteiger partial charge in [0, 0.05) is 19.8 Å². The van der Waals surface area contributed by atoms with Crippen LogP contribution in [0.15, 0.2) is 64.9 Å². The van der Waals surface area contributed by atoms with Crippen LogP contribution in [0.3, 0.4) is 0 Å². The van der Waals surface area contributed by atoms with E-state index >= 15 is 0 Å². The third-order valence-corrected chi connectivity index (χ3v) is 6.86. The van der Waals surface area contributed by atoms with Crippen molar-refractivity contribution in [3.8, 4) is 11.4 Å². The number of carbonyl (C=O) groups is 1. The number of rotatable bonds is 8. The zero-order valence-electron chi connectivity index (χ0n) is 16.6. The van der Waals surface area contributed by atoms with Crippen molar-refractivity contribution >= 4 is 33.4 Å². The number of nitrogens with zero attached hydrogens (tertiary/aromatic N) is 4. The van der Waals surface area contributed by atoms with Gasteiger partial charge in [-0.05, 0) is 30.3 Å². The molecule has 1 N–H and O–H groups in total. The van der Waals surface area contributed by atoms with Crippen LogP contribution in [0.4, 0.5) is 5.69 Å². The fourth-order valence-electron chi connectivity index (χ4n) is 2.56. The SMILES string of the molecule is COc1ccc(S(=O)(=O)N(C)C)cc1NC(=O)CSc1nncn1-c1ccccc1. The quantitative estimate of drug-likeness (QED) is 0.528. The monoisotopic (exact) mass is 447 g/mol. The first-order valence-corrected chi connectivity index (χ1v) is 11.2. The Kier molecular flexibility index (Phi) is 6.75. The summed E-state index contributed by atoms with van der Waals surface area (Å²) < 4.78 is 32.9. The number of anilines is 1. The van der Waals surface area contributed by atoms with Crippen LogP contribution in [0.1, 0.15) is 0 Å². The average molecular weight is 448 g/mol. The first kappa shape index (κ1) is 21.8. The molecule has 0 saturated carbocycles. The van der Waals surface area contributed by atoms with E-state index in [1.807, 2.05) is 30.3 Å². The maximum atomic E-state index is 12.5. The van der Waals surface area contributed by atoms with E-state index in [2.05, 4.69) is 15.5 Å². The lowest BCUT2D eigenvalue weighted by molar-refractivity contribution is -0.113. The second-order valence-corrected chi connectivity index (χ2v) is 9.40. The van der Waals surface area contributed by atoms with E-state index in [-0.39, 0.29) is 22.2 Å². The van der Waals surface area contributed by atoms with Crippen LogP contribution in [0.2, 0.25) is 0 Å². The lowest BCUT2D eigenvalue weighted by Crippen LogP contribution is -2.22. The van der Waals surface area contributed by atoms with Crippen molar-refractivity contribution in [2.45, 2.75) is 10.1 Å². The van der Waals surface area contributed by atoms with E-state index in [0.29, 0.717) is 10.9 Å². The lowest BCUT2D eigenvalue weighted by Gasteiger charge is -2.15. The molecule has 158 valence electrons. The predicted octanol–water partition coefficient (Wildman–Crippen LogP) is 2.26. The molecule has 1 heterocycles. The Balaban J connectivity index is 1.74. The molecule has 2 aromatic carbocycles. The Hall–Kier alpha value is -2.89. The van der Waals surface area contributed by atoms with Gasteiger partial charge in [0.1, 0.15) is 12.1 Å². The number of sulfonamides is 1. The molecule has 0 bridgehead atoms. The normalized spacial score (nSPS) is 11.5. The van der Waals surface area contributed by atoms with Crippen molar-refractivity contribution in [1.29, 1.82) is 0 Å². The van der Waals surface area contributed by atoms with E-state index in [0.717, 1.165) is 9.99 Å². The van der Waals surface area contributed by atoms with Gasteiger partial charge in [-0.25, -0.2) is 12.7 Å². The number of para-hydroxylation sites is 1. The van der Waals surface area contributed by atoms with E-state index in [1.54, 1.807) is 10.9 Å². The lowest BCUT2D eigenvalue weighted by atomic mass is 10.3. The Morgan fingerprint density at radius 2 is 1.93 bits per heavy atom. The Labute approximate surface area is 179 Å². The van der Waals surface area contributed by atoms with Crippen LogP contribution in [0.25, 0.3) is 5.69 Å². The molecule has 11 heteroatoms. The Morgan fingerprint density at radius 1 is 1.20 bits per heavy atom. The van der Waals surface area contributed by atoms with Gasteiger partial charge in [-0.3, -0.25) is 9.36 Å². The van der Waals surface area contributed by atoms with Crippen LogP contribution in [0.5, 0.6) is 5.75 Å². The number of ether oxygens (including phenoxy) is 1. The van der Waals surface area contributed by atoms with Gasteiger partial charge in [-0.15, -0.1) is 10.2 Å². The van der Waals surface area contributed by atoms with Crippen LogP contribution >= 0.6 is 11.8 Å². The topological polar surface area (TPSA) is 106 Å². The van der Waals surface area contributed by atoms with Gasteiger partial charge in [0.25, 0.3) is 0 Å². The molecule has 0 unspecified atom stereocenters. The molecule has 9 nitrogen and oxygen atoms in total. The zero-order chi connectivity index (χ0) is 21.7. The standard InChI is InChI=1S/C19H21N5O4S2/c1-23(2)30(26,27)15-9-10-17(28-3)16(11-15)21-18(25)12-29-19-22-20-13-24(19)14-7-5-4-6-8-14/h4-11,13H,12H2,1-3H3,(H,21,25). The fraction of sp³-hybridized carbons (Fsp3) is 0.211. The highest BCUT2D eigenvalue weighted by Crippen LogP contribution is 2.29. The van der Waals surface area contributed by atoms with Crippen molar-refractivity contribution in [2.75, 3.05) is 32.3 Å². The summed E-state index contributed by atoms with van der Waals surface area (Å²) in [6, 6.07) is 13.8. The molecule has 0 spiro atoms. The van der Waals surface area contributed by atoms with Crippen molar-refractivity contribution in [3.63, 3.8) is 0 Å². The summed E-state index contributed by atoms with van der Waals surface area (Å²) >= 11 is 1.21. The molecule has 3 aromatic rings. The molecule has 0 fully saturated rings.